The van der Waals surface area contributed by atoms with Gasteiger partial charge >= 0.3 is 0 Å². The fourth-order valence-electron chi connectivity index (χ4n) is 2.04. The van der Waals surface area contributed by atoms with Crippen LogP contribution >= 0.6 is 11.3 Å². The van der Waals surface area contributed by atoms with Crippen molar-refractivity contribution in [3.05, 3.63) is 47.1 Å². The summed E-state index contributed by atoms with van der Waals surface area (Å²) in [6.45, 7) is 4.13. The van der Waals surface area contributed by atoms with E-state index in [2.05, 4.69) is 32.3 Å². The monoisotopic (exact) mass is 286 g/mol. The van der Waals surface area contributed by atoms with E-state index < -0.39 is 0 Å². The van der Waals surface area contributed by atoms with Crippen molar-refractivity contribution < 1.29 is 0 Å². The zero-order valence-electron chi connectivity index (χ0n) is 11.2. The van der Waals surface area contributed by atoms with Gasteiger partial charge in [-0.2, -0.15) is 5.10 Å². The van der Waals surface area contributed by atoms with Gasteiger partial charge in [0, 0.05) is 11.1 Å². The van der Waals surface area contributed by atoms with Gasteiger partial charge in [0.05, 0.1) is 22.9 Å². The van der Waals surface area contributed by atoms with Crippen molar-refractivity contribution in [2.24, 2.45) is 0 Å². The van der Waals surface area contributed by atoms with Crippen LogP contribution in [0.25, 0.3) is 5.82 Å². The van der Waals surface area contributed by atoms with Gasteiger partial charge in [-0.3, -0.25) is 0 Å². The van der Waals surface area contributed by atoms with Crippen molar-refractivity contribution in [3.63, 3.8) is 0 Å². The molecule has 1 atom stereocenters. The molecule has 20 heavy (non-hydrogen) atoms. The molecule has 0 aliphatic heterocycles. The fourth-order valence-corrected chi connectivity index (χ4v) is 2.85. The highest BCUT2D eigenvalue weighted by Gasteiger charge is 2.14. The third kappa shape index (κ3) is 2.39. The van der Waals surface area contributed by atoms with Gasteiger partial charge in [0.1, 0.15) is 12.7 Å². The maximum atomic E-state index is 4.36. The summed E-state index contributed by atoms with van der Waals surface area (Å²) in [4.78, 5) is 13.8. The number of nitrogens with zero attached hydrogens (tertiary/aromatic N) is 5. The van der Waals surface area contributed by atoms with E-state index in [9.17, 15) is 0 Å². The van der Waals surface area contributed by atoms with Gasteiger partial charge in [-0.1, -0.05) is 0 Å². The molecule has 6 nitrogen and oxygen atoms in total. The molecule has 0 spiro atoms. The molecule has 0 bridgehead atoms. The van der Waals surface area contributed by atoms with Gasteiger partial charge in [-0.05, 0) is 26.0 Å². The molecule has 3 aromatic rings. The van der Waals surface area contributed by atoms with Crippen LogP contribution in [0.1, 0.15) is 23.5 Å². The molecule has 0 amide bonds. The quantitative estimate of drug-likeness (QED) is 0.798. The molecule has 3 aromatic heterocycles. The number of rotatable bonds is 4. The summed E-state index contributed by atoms with van der Waals surface area (Å²) >= 11 is 1.65. The van der Waals surface area contributed by atoms with Crippen LogP contribution in [0, 0.1) is 6.92 Å². The Kier molecular flexibility index (Phi) is 3.42. The van der Waals surface area contributed by atoms with Crippen molar-refractivity contribution in [2.45, 2.75) is 19.9 Å². The van der Waals surface area contributed by atoms with Crippen LogP contribution in [0.3, 0.4) is 0 Å². The van der Waals surface area contributed by atoms with Crippen molar-refractivity contribution in [1.82, 2.24) is 24.7 Å². The first-order valence-corrected chi connectivity index (χ1v) is 7.10. The zero-order chi connectivity index (χ0) is 13.9. The maximum absolute atomic E-state index is 4.36. The molecule has 0 aromatic carbocycles. The predicted molar refractivity (Wildman–Crippen MR) is 78.0 cm³/mol. The summed E-state index contributed by atoms with van der Waals surface area (Å²) in [5.74, 6) is 0.735. The van der Waals surface area contributed by atoms with E-state index in [0.717, 1.165) is 17.2 Å². The summed E-state index contributed by atoms with van der Waals surface area (Å²) in [6, 6.07) is 4.04. The lowest BCUT2D eigenvalue weighted by molar-refractivity contribution is 0.830. The average Bonchev–Trinajstić information content (AvgIpc) is 3.10. The highest BCUT2D eigenvalue weighted by Crippen LogP contribution is 2.27. The van der Waals surface area contributed by atoms with Crippen molar-refractivity contribution in [1.29, 1.82) is 0 Å². The minimum Gasteiger partial charge on any atom is -0.375 e. The van der Waals surface area contributed by atoms with Gasteiger partial charge in [0.15, 0.2) is 5.82 Å². The second-order valence-corrected chi connectivity index (χ2v) is 5.27. The number of thiazole rings is 1. The average molecular weight is 286 g/mol. The fraction of sp³-hybridized carbons (Fsp3) is 0.231. The molecule has 0 saturated carbocycles. The molecule has 0 radical (unpaired) electrons. The molecular formula is C13H14N6S. The molecule has 0 aliphatic carbocycles. The Balaban J connectivity index is 1.90. The smallest absolute Gasteiger partial charge is 0.178 e. The highest BCUT2D eigenvalue weighted by atomic mass is 32.1. The van der Waals surface area contributed by atoms with E-state index in [1.807, 2.05) is 24.6 Å². The van der Waals surface area contributed by atoms with Crippen LogP contribution in [0.5, 0.6) is 0 Å². The van der Waals surface area contributed by atoms with E-state index in [4.69, 9.17) is 0 Å². The summed E-state index contributed by atoms with van der Waals surface area (Å²) in [5, 5.41) is 7.59. The highest BCUT2D eigenvalue weighted by molar-refractivity contribution is 7.09. The van der Waals surface area contributed by atoms with E-state index >= 15 is 0 Å². The van der Waals surface area contributed by atoms with Crippen LogP contribution in [0.15, 0.2) is 36.5 Å². The van der Waals surface area contributed by atoms with E-state index in [1.165, 1.54) is 11.2 Å². The van der Waals surface area contributed by atoms with Crippen LogP contribution in [-0.4, -0.2) is 24.7 Å². The van der Waals surface area contributed by atoms with E-state index in [-0.39, 0.29) is 6.04 Å². The number of hydrogen-bond donors (Lipinski definition) is 1. The molecule has 0 saturated heterocycles. The Labute approximate surface area is 120 Å². The molecule has 1 unspecified atom stereocenters. The minimum atomic E-state index is 0.161. The zero-order valence-corrected chi connectivity index (χ0v) is 12.0. The molecule has 7 heteroatoms. The Morgan fingerprint density at radius 2 is 2.25 bits per heavy atom. The number of anilines is 1. The van der Waals surface area contributed by atoms with E-state index in [1.54, 1.807) is 28.5 Å². The Morgan fingerprint density at radius 1 is 1.35 bits per heavy atom. The standard InChI is InChI=1S/C13H14N6S/c1-9-12(20-8-16-9)10(2)18-11-4-3-5-15-13(11)19-7-14-6-17-19/h3-8,10,18H,1-2H3. The second kappa shape index (κ2) is 5.38. The minimum absolute atomic E-state index is 0.161. The molecule has 0 aliphatic rings. The SMILES string of the molecule is Cc1ncsc1C(C)Nc1cccnc1-n1cncn1. The van der Waals surface area contributed by atoms with Crippen molar-refractivity contribution in [3.8, 4) is 5.82 Å². The normalized spacial score (nSPS) is 12.3. The second-order valence-electron chi connectivity index (χ2n) is 4.38. The van der Waals surface area contributed by atoms with E-state index in [0.29, 0.717) is 0 Å². The molecule has 1 N–H and O–H groups in total. The number of aromatic nitrogens is 5. The van der Waals surface area contributed by atoms with Gasteiger partial charge in [0.2, 0.25) is 0 Å². The lowest BCUT2D eigenvalue weighted by atomic mass is 10.2. The van der Waals surface area contributed by atoms with Gasteiger partial charge in [-0.15, -0.1) is 11.3 Å². The number of nitrogens with one attached hydrogen (secondary N) is 1. The molecule has 3 heterocycles. The first kappa shape index (κ1) is 12.7. The lowest BCUT2D eigenvalue weighted by Gasteiger charge is -2.16. The van der Waals surface area contributed by atoms with Gasteiger partial charge in [0.25, 0.3) is 0 Å². The summed E-state index contributed by atoms with van der Waals surface area (Å²) in [6.07, 6.45) is 4.87. The van der Waals surface area contributed by atoms with Crippen LogP contribution in [0.2, 0.25) is 0 Å². The first-order chi connectivity index (χ1) is 9.75. The third-order valence-corrected chi connectivity index (χ3v) is 4.08. The summed E-state index contributed by atoms with van der Waals surface area (Å²) in [5.41, 5.74) is 3.84. The van der Waals surface area contributed by atoms with Crippen molar-refractivity contribution in [2.75, 3.05) is 5.32 Å². The summed E-state index contributed by atoms with van der Waals surface area (Å²) < 4.78 is 1.65. The maximum Gasteiger partial charge on any atom is 0.178 e. The molecule has 0 fully saturated rings. The van der Waals surface area contributed by atoms with Gasteiger partial charge in [-0.25, -0.2) is 19.6 Å². The predicted octanol–water partition coefficient (Wildman–Crippen LogP) is 2.60. The Bertz CT molecular complexity index is 690. The topological polar surface area (TPSA) is 68.5 Å². The largest absolute Gasteiger partial charge is 0.375 e. The number of pyridine rings is 1. The molecular weight excluding hydrogens is 272 g/mol. The van der Waals surface area contributed by atoms with Crippen LogP contribution in [0.4, 0.5) is 5.69 Å². The first-order valence-electron chi connectivity index (χ1n) is 6.22. The third-order valence-electron chi connectivity index (χ3n) is 2.97. The van der Waals surface area contributed by atoms with Gasteiger partial charge < -0.3 is 5.32 Å². The number of hydrogen-bond acceptors (Lipinski definition) is 6. The summed E-state index contributed by atoms with van der Waals surface area (Å²) in [7, 11) is 0. The Hall–Kier alpha value is -2.28. The van der Waals surface area contributed by atoms with Crippen LogP contribution in [-0.2, 0) is 0 Å². The van der Waals surface area contributed by atoms with Crippen molar-refractivity contribution >= 4 is 17.0 Å². The molecule has 3 rings (SSSR count). The molecule has 102 valence electrons. The lowest BCUT2D eigenvalue weighted by Crippen LogP contribution is -2.10. The Morgan fingerprint density at radius 3 is 2.95 bits per heavy atom. The van der Waals surface area contributed by atoms with Crippen LogP contribution < -0.4 is 5.32 Å². The number of aryl methyl sites for hydroxylation is 1.